The van der Waals surface area contributed by atoms with Gasteiger partial charge < -0.3 is 14.2 Å². The summed E-state index contributed by atoms with van der Waals surface area (Å²) >= 11 is 0. The third-order valence-electron chi connectivity index (χ3n) is 15.7. The fraction of sp³-hybridized carbons (Fsp3) is 0.900. The lowest BCUT2D eigenvalue weighted by Crippen LogP contribution is -2.30. The van der Waals surface area contributed by atoms with Crippen LogP contribution in [0.1, 0.15) is 387 Å². The third kappa shape index (κ3) is 62.7. The van der Waals surface area contributed by atoms with Crippen LogP contribution >= 0.6 is 0 Å². The number of carbonyl (C=O) groups excluding carboxylic acids is 3. The maximum atomic E-state index is 12.8. The summed E-state index contributed by atoms with van der Waals surface area (Å²) in [4.78, 5) is 38.1. The number of hydrogen-bond acceptors (Lipinski definition) is 6. The number of carbonyl (C=O) groups is 3. The summed E-state index contributed by atoms with van der Waals surface area (Å²) < 4.78 is 16.8. The Morgan fingerprint density at radius 2 is 0.474 bits per heavy atom. The van der Waals surface area contributed by atoms with E-state index in [2.05, 4.69) is 45.1 Å². The van der Waals surface area contributed by atoms with Crippen LogP contribution < -0.4 is 0 Å². The van der Waals surface area contributed by atoms with Crippen molar-refractivity contribution in [2.24, 2.45) is 0 Å². The van der Waals surface area contributed by atoms with Crippen LogP contribution in [0.4, 0.5) is 0 Å². The molecule has 0 heterocycles. The molecule has 0 rings (SSSR count). The summed E-state index contributed by atoms with van der Waals surface area (Å²) in [5.41, 5.74) is 0. The van der Waals surface area contributed by atoms with Gasteiger partial charge in [-0.2, -0.15) is 0 Å². The van der Waals surface area contributed by atoms with Gasteiger partial charge in [0.2, 0.25) is 0 Å². The summed E-state index contributed by atoms with van der Waals surface area (Å²) in [6.45, 7) is 6.63. The van der Waals surface area contributed by atoms with E-state index in [1.54, 1.807) is 0 Å². The summed E-state index contributed by atoms with van der Waals surface area (Å²) in [7, 11) is 0. The van der Waals surface area contributed by atoms with E-state index in [-0.39, 0.29) is 31.1 Å². The first-order valence-electron chi connectivity index (χ1n) is 34.3. The van der Waals surface area contributed by atoms with Crippen molar-refractivity contribution in [3.05, 3.63) is 24.3 Å². The normalized spacial score (nSPS) is 12.1. The van der Waals surface area contributed by atoms with E-state index >= 15 is 0 Å². The first-order valence-corrected chi connectivity index (χ1v) is 34.3. The van der Waals surface area contributed by atoms with Crippen LogP contribution in [0.25, 0.3) is 0 Å². The minimum Gasteiger partial charge on any atom is -0.462 e. The predicted molar refractivity (Wildman–Crippen MR) is 330 cm³/mol. The Hall–Kier alpha value is -2.11. The van der Waals surface area contributed by atoms with E-state index in [4.69, 9.17) is 14.2 Å². The number of unbranched alkanes of at least 4 members (excludes halogenated alkanes) is 49. The Labute approximate surface area is 474 Å². The summed E-state index contributed by atoms with van der Waals surface area (Å²) in [6, 6.07) is 0. The van der Waals surface area contributed by atoms with Crippen molar-refractivity contribution in [2.75, 3.05) is 13.2 Å². The van der Waals surface area contributed by atoms with Gasteiger partial charge in [-0.25, -0.2) is 0 Å². The van der Waals surface area contributed by atoms with Gasteiger partial charge in [-0.3, -0.25) is 14.4 Å². The molecule has 0 radical (unpaired) electrons. The zero-order valence-electron chi connectivity index (χ0n) is 51.6. The van der Waals surface area contributed by atoms with Crippen molar-refractivity contribution in [2.45, 2.75) is 393 Å². The standard InChI is InChI=1S/C70H132O6/c1-4-7-10-13-16-19-21-23-25-26-27-28-29-30-31-32-33-34-35-36-37-38-39-40-41-42-43-44-46-47-49-51-54-57-60-63-69(72)75-66-67(65-74-68(71)62-59-56-53-18-15-12-9-6-3)76-70(73)64-61-58-55-52-50-48-45-24-22-20-17-14-11-8-5-2/h17,20,24,45,67H,4-16,18-19,21-23,25-44,46-66H2,1-3H3/b20-17-,45-24-. The highest BCUT2D eigenvalue weighted by atomic mass is 16.6. The molecule has 0 aromatic rings. The summed E-state index contributed by atoms with van der Waals surface area (Å²) in [5.74, 6) is -0.868. The molecule has 0 bridgehead atoms. The Bertz CT molecular complexity index is 1230. The van der Waals surface area contributed by atoms with Gasteiger partial charge in [-0.05, 0) is 51.4 Å². The van der Waals surface area contributed by atoms with Crippen molar-refractivity contribution < 1.29 is 28.6 Å². The van der Waals surface area contributed by atoms with Gasteiger partial charge in [0.1, 0.15) is 13.2 Å². The highest BCUT2D eigenvalue weighted by Gasteiger charge is 2.19. The third-order valence-corrected chi connectivity index (χ3v) is 15.7. The predicted octanol–water partition coefficient (Wildman–Crippen LogP) is 23.4. The van der Waals surface area contributed by atoms with Crippen LogP contribution in [0.3, 0.4) is 0 Å². The van der Waals surface area contributed by atoms with Crippen LogP contribution in [0.5, 0.6) is 0 Å². The fourth-order valence-corrected chi connectivity index (χ4v) is 10.5. The average Bonchev–Trinajstić information content (AvgIpc) is 3.42. The molecule has 6 nitrogen and oxygen atoms in total. The van der Waals surface area contributed by atoms with Gasteiger partial charge in [0, 0.05) is 19.3 Å². The summed E-state index contributed by atoms with van der Waals surface area (Å²) in [6.07, 6.45) is 79.7. The largest absolute Gasteiger partial charge is 0.462 e. The maximum absolute atomic E-state index is 12.8. The molecule has 1 unspecified atom stereocenters. The monoisotopic (exact) mass is 1070 g/mol. The zero-order valence-corrected chi connectivity index (χ0v) is 51.6. The van der Waals surface area contributed by atoms with Crippen LogP contribution in [0.2, 0.25) is 0 Å². The molecule has 0 aliphatic heterocycles. The van der Waals surface area contributed by atoms with E-state index in [9.17, 15) is 14.4 Å². The molecular formula is C70H132O6. The molecule has 0 aliphatic carbocycles. The molecule has 0 amide bonds. The molecule has 0 saturated carbocycles. The second-order valence-corrected chi connectivity index (χ2v) is 23.5. The molecule has 0 spiro atoms. The number of ether oxygens (including phenoxy) is 3. The molecular weight excluding hydrogens is 937 g/mol. The van der Waals surface area contributed by atoms with Crippen LogP contribution in [-0.4, -0.2) is 37.2 Å². The molecule has 0 aromatic carbocycles. The van der Waals surface area contributed by atoms with Crippen LogP contribution in [0, 0.1) is 0 Å². The first-order chi connectivity index (χ1) is 37.5. The number of hydrogen-bond donors (Lipinski definition) is 0. The van der Waals surface area contributed by atoms with Crippen molar-refractivity contribution >= 4 is 17.9 Å². The highest BCUT2D eigenvalue weighted by molar-refractivity contribution is 5.71. The first kappa shape index (κ1) is 73.9. The lowest BCUT2D eigenvalue weighted by atomic mass is 10.0. The van der Waals surface area contributed by atoms with E-state index in [1.165, 1.54) is 270 Å². The minimum atomic E-state index is -0.773. The van der Waals surface area contributed by atoms with Crippen LogP contribution in [-0.2, 0) is 28.6 Å². The van der Waals surface area contributed by atoms with Crippen molar-refractivity contribution in [1.29, 1.82) is 0 Å². The Kier molecular flexibility index (Phi) is 63.6. The molecule has 0 aromatic heterocycles. The molecule has 0 N–H and O–H groups in total. The SMILES string of the molecule is CCCCC/C=C\C/C=C\CCCCCCCC(=O)OC(COC(=O)CCCCCCCCCC)COC(=O)CCCCCCCCCCCCCCCCCCCCCCCCCCCCCCCCCCCCC. The number of rotatable bonds is 64. The second kappa shape index (κ2) is 65.4. The second-order valence-electron chi connectivity index (χ2n) is 23.5. The van der Waals surface area contributed by atoms with E-state index in [0.29, 0.717) is 19.3 Å². The zero-order chi connectivity index (χ0) is 55.0. The lowest BCUT2D eigenvalue weighted by Gasteiger charge is -2.18. The molecule has 0 aliphatic rings. The molecule has 0 saturated heterocycles. The fourth-order valence-electron chi connectivity index (χ4n) is 10.5. The van der Waals surface area contributed by atoms with Gasteiger partial charge in [0.25, 0.3) is 0 Å². The smallest absolute Gasteiger partial charge is 0.306 e. The Morgan fingerprint density at radius 1 is 0.263 bits per heavy atom. The van der Waals surface area contributed by atoms with Gasteiger partial charge >= 0.3 is 17.9 Å². The summed E-state index contributed by atoms with van der Waals surface area (Å²) in [5, 5.41) is 0. The highest BCUT2D eigenvalue weighted by Crippen LogP contribution is 2.19. The maximum Gasteiger partial charge on any atom is 0.306 e. The van der Waals surface area contributed by atoms with Crippen LogP contribution in [0.15, 0.2) is 24.3 Å². The van der Waals surface area contributed by atoms with E-state index in [0.717, 1.165) is 77.0 Å². The van der Waals surface area contributed by atoms with Gasteiger partial charge in [0.15, 0.2) is 6.10 Å². The minimum absolute atomic E-state index is 0.0720. The lowest BCUT2D eigenvalue weighted by molar-refractivity contribution is -0.167. The number of allylic oxidation sites excluding steroid dienone is 4. The van der Waals surface area contributed by atoms with Crippen molar-refractivity contribution in [3.63, 3.8) is 0 Å². The molecule has 448 valence electrons. The molecule has 1 atom stereocenters. The topological polar surface area (TPSA) is 78.9 Å². The van der Waals surface area contributed by atoms with Gasteiger partial charge in [-0.15, -0.1) is 0 Å². The molecule has 76 heavy (non-hydrogen) atoms. The van der Waals surface area contributed by atoms with Crippen molar-refractivity contribution in [3.8, 4) is 0 Å². The van der Waals surface area contributed by atoms with E-state index < -0.39 is 6.10 Å². The Balaban J connectivity index is 3.92. The number of esters is 3. The Morgan fingerprint density at radius 3 is 0.750 bits per heavy atom. The van der Waals surface area contributed by atoms with Crippen molar-refractivity contribution in [1.82, 2.24) is 0 Å². The van der Waals surface area contributed by atoms with Gasteiger partial charge in [-0.1, -0.05) is 340 Å². The molecule has 6 heteroatoms. The van der Waals surface area contributed by atoms with E-state index in [1.807, 2.05) is 0 Å². The molecule has 0 fully saturated rings. The average molecular weight is 1070 g/mol. The van der Waals surface area contributed by atoms with Gasteiger partial charge in [0.05, 0.1) is 0 Å². The quantitative estimate of drug-likeness (QED) is 0.0261.